The van der Waals surface area contributed by atoms with Crippen molar-refractivity contribution in [1.29, 1.82) is 0 Å². The van der Waals surface area contributed by atoms with Gasteiger partial charge in [-0.15, -0.1) is 0 Å². The summed E-state index contributed by atoms with van der Waals surface area (Å²) in [5.74, 6) is 1.73. The normalized spacial score (nSPS) is 25.3. The van der Waals surface area contributed by atoms with Gasteiger partial charge in [0.1, 0.15) is 0 Å². The van der Waals surface area contributed by atoms with E-state index < -0.39 is 0 Å². The summed E-state index contributed by atoms with van der Waals surface area (Å²) in [6.07, 6.45) is 6.85. The molecular formula is C16H23Br2N. The van der Waals surface area contributed by atoms with E-state index in [4.69, 9.17) is 0 Å². The fraction of sp³-hybridized carbons (Fsp3) is 0.625. The minimum atomic E-state index is 0.472. The minimum absolute atomic E-state index is 0.472. The lowest BCUT2D eigenvalue weighted by Crippen LogP contribution is -2.29. The summed E-state index contributed by atoms with van der Waals surface area (Å²) in [6.45, 7) is 2.33. The zero-order valence-corrected chi connectivity index (χ0v) is 14.9. The predicted octanol–water partition coefficient (Wildman–Crippen LogP) is 5.69. The first kappa shape index (κ1) is 15.5. The predicted molar refractivity (Wildman–Crippen MR) is 89.4 cm³/mol. The van der Waals surface area contributed by atoms with Crippen molar-refractivity contribution in [3.63, 3.8) is 0 Å². The molecule has 1 N–H and O–H groups in total. The molecule has 0 aromatic heterocycles. The van der Waals surface area contributed by atoms with Crippen LogP contribution in [0.5, 0.6) is 0 Å². The summed E-state index contributed by atoms with van der Waals surface area (Å²) >= 11 is 7.24. The number of hydrogen-bond acceptors (Lipinski definition) is 1. The third-order valence-electron chi connectivity index (χ3n) is 4.55. The lowest BCUT2D eigenvalue weighted by molar-refractivity contribution is 0.224. The van der Waals surface area contributed by atoms with Gasteiger partial charge in [-0.2, -0.15) is 0 Å². The van der Waals surface area contributed by atoms with Crippen LogP contribution in [0.1, 0.15) is 50.6 Å². The maximum absolute atomic E-state index is 3.71. The van der Waals surface area contributed by atoms with Gasteiger partial charge in [0.15, 0.2) is 0 Å². The van der Waals surface area contributed by atoms with E-state index in [1.807, 2.05) is 0 Å². The van der Waals surface area contributed by atoms with Crippen molar-refractivity contribution in [3.8, 4) is 0 Å². The van der Waals surface area contributed by atoms with Crippen molar-refractivity contribution < 1.29 is 0 Å². The average Bonchev–Trinajstić information content (AvgIpc) is 2.42. The second kappa shape index (κ2) is 7.24. The van der Waals surface area contributed by atoms with Crippen LogP contribution in [0.3, 0.4) is 0 Å². The SMILES string of the molecule is CCC1CCC(C(NC)c2ccc(Br)cc2Br)CC1. The zero-order chi connectivity index (χ0) is 13.8. The number of halogens is 2. The molecule has 0 heterocycles. The number of rotatable bonds is 4. The smallest absolute Gasteiger partial charge is 0.0357 e. The van der Waals surface area contributed by atoms with Crippen molar-refractivity contribution in [2.45, 2.75) is 45.1 Å². The van der Waals surface area contributed by atoms with E-state index in [1.54, 1.807) is 0 Å². The van der Waals surface area contributed by atoms with E-state index in [0.717, 1.165) is 16.3 Å². The molecule has 1 nitrogen and oxygen atoms in total. The Bertz CT molecular complexity index is 411. The topological polar surface area (TPSA) is 12.0 Å². The molecule has 0 aliphatic heterocycles. The molecule has 2 rings (SSSR count). The fourth-order valence-corrected chi connectivity index (χ4v) is 4.62. The van der Waals surface area contributed by atoms with E-state index in [9.17, 15) is 0 Å². The largest absolute Gasteiger partial charge is 0.313 e. The van der Waals surface area contributed by atoms with Crippen molar-refractivity contribution in [3.05, 3.63) is 32.7 Å². The number of hydrogen-bond donors (Lipinski definition) is 1. The molecule has 0 amide bonds. The van der Waals surface area contributed by atoms with Gasteiger partial charge in [-0.1, -0.05) is 64.1 Å². The van der Waals surface area contributed by atoms with Gasteiger partial charge >= 0.3 is 0 Å². The number of benzene rings is 1. The van der Waals surface area contributed by atoms with Gasteiger partial charge in [0.2, 0.25) is 0 Å². The third kappa shape index (κ3) is 3.83. The summed E-state index contributed by atoms with van der Waals surface area (Å²) in [5.41, 5.74) is 1.39. The second-order valence-corrected chi connectivity index (χ2v) is 7.39. The quantitative estimate of drug-likeness (QED) is 0.698. The van der Waals surface area contributed by atoms with Crippen molar-refractivity contribution >= 4 is 31.9 Å². The summed E-state index contributed by atoms with van der Waals surface area (Å²) < 4.78 is 2.34. The van der Waals surface area contributed by atoms with Gasteiger partial charge in [-0.3, -0.25) is 0 Å². The van der Waals surface area contributed by atoms with Crippen molar-refractivity contribution in [2.75, 3.05) is 7.05 Å². The van der Waals surface area contributed by atoms with Gasteiger partial charge in [0.05, 0.1) is 0 Å². The summed E-state index contributed by atoms with van der Waals surface area (Å²) in [5, 5.41) is 3.54. The van der Waals surface area contributed by atoms with E-state index in [0.29, 0.717) is 6.04 Å². The molecule has 19 heavy (non-hydrogen) atoms. The van der Waals surface area contributed by atoms with E-state index in [-0.39, 0.29) is 0 Å². The van der Waals surface area contributed by atoms with Crippen LogP contribution in [-0.2, 0) is 0 Å². The molecule has 0 spiro atoms. The Balaban J connectivity index is 2.12. The van der Waals surface area contributed by atoms with Crippen LogP contribution in [0.15, 0.2) is 27.1 Å². The molecule has 0 bridgehead atoms. The molecule has 106 valence electrons. The van der Waals surface area contributed by atoms with Crippen LogP contribution >= 0.6 is 31.9 Å². The van der Waals surface area contributed by atoms with Crippen LogP contribution in [0.4, 0.5) is 0 Å². The molecule has 3 heteroatoms. The highest BCUT2D eigenvalue weighted by Crippen LogP contribution is 2.40. The minimum Gasteiger partial charge on any atom is -0.313 e. The standard InChI is InChI=1S/C16H23Br2N/c1-3-11-4-6-12(7-5-11)16(19-2)14-9-8-13(17)10-15(14)18/h8-12,16,19H,3-7H2,1-2H3. The van der Waals surface area contributed by atoms with Crippen molar-refractivity contribution in [1.82, 2.24) is 5.32 Å². The van der Waals surface area contributed by atoms with Gasteiger partial charge in [0.25, 0.3) is 0 Å². The Morgan fingerprint density at radius 2 is 1.89 bits per heavy atom. The molecule has 1 fully saturated rings. The highest BCUT2D eigenvalue weighted by Gasteiger charge is 2.28. The Morgan fingerprint density at radius 1 is 1.21 bits per heavy atom. The molecule has 0 saturated heterocycles. The highest BCUT2D eigenvalue weighted by molar-refractivity contribution is 9.11. The van der Waals surface area contributed by atoms with Gasteiger partial charge in [-0.25, -0.2) is 0 Å². The van der Waals surface area contributed by atoms with Crippen molar-refractivity contribution in [2.24, 2.45) is 11.8 Å². The second-order valence-electron chi connectivity index (χ2n) is 5.62. The van der Waals surface area contributed by atoms with Crippen LogP contribution in [0, 0.1) is 11.8 Å². The van der Waals surface area contributed by atoms with Gasteiger partial charge in [-0.05, 0) is 49.4 Å². The molecular weight excluding hydrogens is 366 g/mol. The monoisotopic (exact) mass is 387 g/mol. The molecule has 1 aromatic rings. The van der Waals surface area contributed by atoms with E-state index in [1.165, 1.54) is 42.1 Å². The fourth-order valence-electron chi connectivity index (χ4n) is 3.33. The first-order valence-corrected chi connectivity index (χ1v) is 8.86. The van der Waals surface area contributed by atoms with Gasteiger partial charge in [0, 0.05) is 15.0 Å². The maximum atomic E-state index is 3.71. The molecule has 0 radical (unpaired) electrons. The molecule has 1 saturated carbocycles. The summed E-state index contributed by atoms with van der Waals surface area (Å²) in [6, 6.07) is 7.00. The summed E-state index contributed by atoms with van der Waals surface area (Å²) in [4.78, 5) is 0. The average molecular weight is 389 g/mol. The lowest BCUT2D eigenvalue weighted by Gasteiger charge is -2.34. The molecule has 1 aliphatic carbocycles. The van der Waals surface area contributed by atoms with E-state index in [2.05, 4.69) is 69.3 Å². The number of nitrogens with one attached hydrogen (secondary N) is 1. The summed E-state index contributed by atoms with van der Waals surface area (Å²) in [7, 11) is 2.09. The zero-order valence-electron chi connectivity index (χ0n) is 11.8. The first-order valence-electron chi connectivity index (χ1n) is 7.28. The Morgan fingerprint density at radius 3 is 2.42 bits per heavy atom. The van der Waals surface area contributed by atoms with Crippen LogP contribution in [0.2, 0.25) is 0 Å². The lowest BCUT2D eigenvalue weighted by atomic mass is 9.76. The maximum Gasteiger partial charge on any atom is 0.0357 e. The highest BCUT2D eigenvalue weighted by atomic mass is 79.9. The third-order valence-corrected chi connectivity index (χ3v) is 5.73. The van der Waals surface area contributed by atoms with E-state index >= 15 is 0 Å². The molecule has 1 aliphatic rings. The molecule has 1 unspecified atom stereocenters. The molecule has 1 atom stereocenters. The Kier molecular flexibility index (Phi) is 5.91. The Labute approximate surface area is 133 Å². The molecule has 1 aromatic carbocycles. The Hall–Kier alpha value is 0.140. The van der Waals surface area contributed by atoms with Crippen LogP contribution in [0.25, 0.3) is 0 Å². The van der Waals surface area contributed by atoms with Crippen LogP contribution in [-0.4, -0.2) is 7.05 Å². The van der Waals surface area contributed by atoms with Crippen LogP contribution < -0.4 is 5.32 Å². The first-order chi connectivity index (χ1) is 9.15. The van der Waals surface area contributed by atoms with Gasteiger partial charge < -0.3 is 5.32 Å².